The van der Waals surface area contributed by atoms with Crippen LogP contribution >= 0.6 is 11.3 Å². The van der Waals surface area contributed by atoms with Crippen molar-refractivity contribution in [3.8, 4) is 0 Å². The number of thiazole rings is 1. The third kappa shape index (κ3) is 3.45. The zero-order chi connectivity index (χ0) is 16.3. The van der Waals surface area contributed by atoms with Crippen molar-refractivity contribution in [1.29, 1.82) is 0 Å². The molecule has 0 radical (unpaired) electrons. The zero-order valence-electron chi connectivity index (χ0n) is 13.3. The first-order chi connectivity index (χ1) is 10.4. The number of hydrogen-bond donors (Lipinski definition) is 1. The van der Waals surface area contributed by atoms with Gasteiger partial charge in [-0.2, -0.15) is 0 Å². The van der Waals surface area contributed by atoms with Crippen molar-refractivity contribution in [3.05, 3.63) is 39.6 Å². The topological polar surface area (TPSA) is 57.8 Å². The van der Waals surface area contributed by atoms with Crippen LogP contribution in [0.3, 0.4) is 0 Å². The van der Waals surface area contributed by atoms with E-state index in [1.165, 1.54) is 11.3 Å². The molecule has 2 aromatic rings. The number of aliphatic hydroxyl groups is 1. The Hall–Kier alpha value is -1.92. The van der Waals surface area contributed by atoms with Crippen LogP contribution in [0, 0.1) is 6.92 Å². The largest absolute Gasteiger partial charge is 0.395 e. The smallest absolute Gasteiger partial charge is 0.190 e. The fraction of sp³-hybridized carbons (Fsp3) is 0.375. The molecule has 0 aliphatic rings. The van der Waals surface area contributed by atoms with Crippen LogP contribution in [0.1, 0.15) is 22.3 Å². The summed E-state index contributed by atoms with van der Waals surface area (Å²) in [6.45, 7) is 3.89. The van der Waals surface area contributed by atoms with Gasteiger partial charge in [-0.3, -0.25) is 4.79 Å². The van der Waals surface area contributed by atoms with Crippen LogP contribution in [-0.2, 0) is 6.54 Å². The first-order valence-electron chi connectivity index (χ1n) is 7.08. The lowest BCUT2D eigenvalue weighted by Crippen LogP contribution is -2.18. The molecule has 6 heteroatoms. The van der Waals surface area contributed by atoms with E-state index in [1.807, 2.05) is 54.8 Å². The monoisotopic (exact) mass is 319 g/mol. The summed E-state index contributed by atoms with van der Waals surface area (Å²) in [6, 6.07) is 7.89. The number of Topliss-reactive ketones (excluding diaryl/α,β-unsaturated/α-hetero) is 1. The summed E-state index contributed by atoms with van der Waals surface area (Å²) < 4.78 is 1.89. The van der Waals surface area contributed by atoms with Gasteiger partial charge in [0.2, 0.25) is 0 Å². The number of benzene rings is 1. The van der Waals surface area contributed by atoms with Crippen molar-refractivity contribution >= 4 is 28.5 Å². The van der Waals surface area contributed by atoms with E-state index in [2.05, 4.69) is 4.99 Å². The van der Waals surface area contributed by atoms with Crippen LogP contribution in [0.2, 0.25) is 0 Å². The number of hydrogen-bond acceptors (Lipinski definition) is 5. The Balaban J connectivity index is 2.50. The van der Waals surface area contributed by atoms with Gasteiger partial charge in [0.05, 0.1) is 17.2 Å². The molecule has 0 amide bonds. The second-order valence-corrected chi connectivity index (χ2v) is 6.23. The Morgan fingerprint density at radius 2 is 1.95 bits per heavy atom. The van der Waals surface area contributed by atoms with Crippen LogP contribution in [0.5, 0.6) is 0 Å². The first-order valence-corrected chi connectivity index (χ1v) is 7.90. The second-order valence-electron chi connectivity index (χ2n) is 5.25. The molecule has 2 rings (SSSR count). The van der Waals surface area contributed by atoms with Gasteiger partial charge in [-0.1, -0.05) is 11.3 Å². The predicted molar refractivity (Wildman–Crippen MR) is 90.1 cm³/mol. The molecule has 1 aromatic heterocycles. The Morgan fingerprint density at radius 1 is 1.32 bits per heavy atom. The fourth-order valence-corrected chi connectivity index (χ4v) is 3.27. The van der Waals surface area contributed by atoms with Gasteiger partial charge in [0.15, 0.2) is 10.6 Å². The number of rotatable bonds is 5. The molecule has 1 N–H and O–H groups in total. The number of carbonyl (C=O) groups is 1. The molecule has 0 aliphatic heterocycles. The molecule has 1 heterocycles. The van der Waals surface area contributed by atoms with E-state index in [9.17, 15) is 9.90 Å². The van der Waals surface area contributed by atoms with Crippen molar-refractivity contribution in [2.24, 2.45) is 4.99 Å². The predicted octanol–water partition coefficient (Wildman–Crippen LogP) is 2.35. The maximum atomic E-state index is 11.7. The summed E-state index contributed by atoms with van der Waals surface area (Å²) in [5.41, 5.74) is 2.79. The van der Waals surface area contributed by atoms with Crippen LogP contribution in [0.25, 0.3) is 0 Å². The number of ketones is 1. The molecule has 0 fully saturated rings. The van der Waals surface area contributed by atoms with Gasteiger partial charge >= 0.3 is 0 Å². The summed E-state index contributed by atoms with van der Waals surface area (Å²) in [4.78, 5) is 19.8. The van der Waals surface area contributed by atoms with E-state index in [-0.39, 0.29) is 12.4 Å². The highest BCUT2D eigenvalue weighted by atomic mass is 32.1. The highest BCUT2D eigenvalue weighted by Gasteiger charge is 2.13. The Morgan fingerprint density at radius 3 is 2.45 bits per heavy atom. The molecular formula is C16H21N3O2S. The normalized spacial score (nSPS) is 11.8. The third-order valence-corrected chi connectivity index (χ3v) is 4.67. The summed E-state index contributed by atoms with van der Waals surface area (Å²) in [5.74, 6) is 0.0265. The average molecular weight is 319 g/mol. The highest BCUT2D eigenvalue weighted by Crippen LogP contribution is 2.19. The lowest BCUT2D eigenvalue weighted by molar-refractivity contribution is 0.102. The molecule has 22 heavy (non-hydrogen) atoms. The Labute approximate surface area is 134 Å². The van der Waals surface area contributed by atoms with Crippen LogP contribution < -0.4 is 9.70 Å². The molecular weight excluding hydrogens is 298 g/mol. The molecule has 1 aromatic carbocycles. The highest BCUT2D eigenvalue weighted by molar-refractivity contribution is 7.11. The minimum absolute atomic E-state index is 0.0155. The van der Waals surface area contributed by atoms with Crippen molar-refractivity contribution < 1.29 is 9.90 Å². The van der Waals surface area contributed by atoms with Crippen molar-refractivity contribution in [1.82, 2.24) is 4.57 Å². The van der Waals surface area contributed by atoms with Crippen molar-refractivity contribution in [3.63, 3.8) is 0 Å². The third-order valence-electron chi connectivity index (χ3n) is 3.39. The average Bonchev–Trinajstić information content (AvgIpc) is 2.77. The standard InChI is InChI=1S/C16H21N3O2S/c1-11-15(12(2)21)22-16(19(11)9-10-20)17-13-5-7-14(8-6-13)18(3)4/h5-8,20H,9-10H2,1-4H3. The van der Waals surface area contributed by atoms with E-state index >= 15 is 0 Å². The Bertz CT molecular complexity index is 727. The van der Waals surface area contributed by atoms with Gasteiger partial charge in [0.1, 0.15) is 0 Å². The summed E-state index contributed by atoms with van der Waals surface area (Å²) in [5, 5.41) is 9.23. The van der Waals surface area contributed by atoms with Crippen molar-refractivity contribution in [2.45, 2.75) is 20.4 Å². The van der Waals surface area contributed by atoms with Crippen molar-refractivity contribution in [2.75, 3.05) is 25.6 Å². The van der Waals surface area contributed by atoms with Crippen LogP contribution in [0.15, 0.2) is 29.3 Å². The van der Waals surface area contributed by atoms with Gasteiger partial charge in [-0.15, -0.1) is 0 Å². The molecule has 0 saturated heterocycles. The van der Waals surface area contributed by atoms with E-state index < -0.39 is 0 Å². The van der Waals surface area contributed by atoms with Gasteiger partial charge in [0, 0.05) is 38.9 Å². The molecule has 0 spiro atoms. The molecule has 118 valence electrons. The minimum atomic E-state index is 0.0155. The number of carbonyl (C=O) groups excluding carboxylic acids is 1. The summed E-state index contributed by atoms with van der Waals surface area (Å²) >= 11 is 1.36. The quantitative estimate of drug-likeness (QED) is 0.861. The van der Waals surface area contributed by atoms with Crippen LogP contribution in [0.4, 0.5) is 11.4 Å². The molecule has 5 nitrogen and oxygen atoms in total. The summed E-state index contributed by atoms with van der Waals surface area (Å²) in [6.07, 6.45) is 0. The number of aromatic nitrogens is 1. The Kier molecular flexibility index (Phi) is 5.15. The molecule has 0 unspecified atom stereocenters. The van der Waals surface area contributed by atoms with E-state index in [1.54, 1.807) is 6.92 Å². The lowest BCUT2D eigenvalue weighted by Gasteiger charge is -2.11. The second kappa shape index (κ2) is 6.89. The van der Waals surface area contributed by atoms with Crippen LogP contribution in [-0.4, -0.2) is 36.2 Å². The van der Waals surface area contributed by atoms with Gasteiger partial charge < -0.3 is 14.6 Å². The molecule has 0 saturated carbocycles. The minimum Gasteiger partial charge on any atom is -0.395 e. The SMILES string of the molecule is CC(=O)c1sc(=Nc2ccc(N(C)C)cc2)n(CCO)c1C. The van der Waals surface area contributed by atoms with E-state index in [0.717, 1.165) is 21.9 Å². The number of nitrogens with zero attached hydrogens (tertiary/aromatic N) is 3. The maximum Gasteiger partial charge on any atom is 0.190 e. The maximum absolute atomic E-state index is 11.7. The lowest BCUT2D eigenvalue weighted by atomic mass is 10.3. The number of aliphatic hydroxyl groups excluding tert-OH is 1. The zero-order valence-corrected chi connectivity index (χ0v) is 14.1. The van der Waals surface area contributed by atoms with E-state index in [0.29, 0.717) is 11.4 Å². The molecule has 0 atom stereocenters. The van der Waals surface area contributed by atoms with Gasteiger partial charge in [-0.05, 0) is 31.2 Å². The van der Waals surface area contributed by atoms with E-state index in [4.69, 9.17) is 0 Å². The first kappa shape index (κ1) is 16.5. The van der Waals surface area contributed by atoms with Gasteiger partial charge in [0.25, 0.3) is 0 Å². The fourth-order valence-electron chi connectivity index (χ4n) is 2.20. The molecule has 0 aliphatic carbocycles. The van der Waals surface area contributed by atoms with Gasteiger partial charge in [-0.25, -0.2) is 4.99 Å². The molecule has 0 bridgehead atoms. The number of anilines is 1. The summed E-state index contributed by atoms with van der Waals surface area (Å²) in [7, 11) is 3.98.